The van der Waals surface area contributed by atoms with Crippen molar-refractivity contribution in [1.29, 1.82) is 0 Å². The maximum Gasteiger partial charge on any atom is 0.0951 e. The Kier molecular flexibility index (Phi) is 3.50. The van der Waals surface area contributed by atoms with E-state index in [0.29, 0.717) is 5.69 Å². The molecular formula is C15H17N5. The van der Waals surface area contributed by atoms with E-state index in [2.05, 4.69) is 15.4 Å². The molecule has 0 bridgehead atoms. The lowest BCUT2D eigenvalue weighted by atomic mass is 10.1. The maximum absolute atomic E-state index is 5.94. The SMILES string of the molecule is Nc1ccc(NCCCn2cccn2)c2cccnc12. The van der Waals surface area contributed by atoms with Crippen molar-refractivity contribution in [2.24, 2.45) is 0 Å². The Morgan fingerprint density at radius 3 is 2.95 bits per heavy atom. The summed E-state index contributed by atoms with van der Waals surface area (Å²) in [5, 5.41) is 8.69. The molecule has 5 heteroatoms. The summed E-state index contributed by atoms with van der Waals surface area (Å²) in [7, 11) is 0. The first-order chi connectivity index (χ1) is 9.84. The van der Waals surface area contributed by atoms with Crippen LogP contribution < -0.4 is 11.1 Å². The van der Waals surface area contributed by atoms with Gasteiger partial charge in [-0.15, -0.1) is 0 Å². The standard InChI is InChI=1S/C15H17N5/c16-13-5-6-14(12-4-1-7-18-15(12)13)17-8-2-10-20-11-3-9-19-20/h1,3-7,9,11,17H,2,8,10,16H2. The van der Waals surface area contributed by atoms with Gasteiger partial charge in [-0.3, -0.25) is 9.67 Å². The highest BCUT2D eigenvalue weighted by Gasteiger charge is 2.04. The lowest BCUT2D eigenvalue weighted by Crippen LogP contribution is -2.07. The molecule has 0 aliphatic rings. The fraction of sp³-hybridized carbons (Fsp3) is 0.200. The van der Waals surface area contributed by atoms with Gasteiger partial charge < -0.3 is 11.1 Å². The molecular weight excluding hydrogens is 250 g/mol. The van der Waals surface area contributed by atoms with Gasteiger partial charge in [0.05, 0.1) is 11.2 Å². The summed E-state index contributed by atoms with van der Waals surface area (Å²) < 4.78 is 1.93. The van der Waals surface area contributed by atoms with Gasteiger partial charge in [0.15, 0.2) is 0 Å². The molecule has 20 heavy (non-hydrogen) atoms. The van der Waals surface area contributed by atoms with Crippen LogP contribution in [0.25, 0.3) is 10.9 Å². The van der Waals surface area contributed by atoms with E-state index in [9.17, 15) is 0 Å². The van der Waals surface area contributed by atoms with E-state index >= 15 is 0 Å². The number of nitrogen functional groups attached to an aromatic ring is 1. The average Bonchev–Trinajstić information content (AvgIpc) is 2.99. The lowest BCUT2D eigenvalue weighted by Gasteiger charge is -2.10. The van der Waals surface area contributed by atoms with Crippen molar-refractivity contribution in [2.75, 3.05) is 17.6 Å². The maximum atomic E-state index is 5.94. The molecule has 3 N–H and O–H groups in total. The minimum absolute atomic E-state index is 0.711. The van der Waals surface area contributed by atoms with Crippen molar-refractivity contribution in [3.8, 4) is 0 Å². The van der Waals surface area contributed by atoms with Gasteiger partial charge in [-0.2, -0.15) is 5.10 Å². The topological polar surface area (TPSA) is 68.8 Å². The molecule has 0 aliphatic carbocycles. The van der Waals surface area contributed by atoms with Gasteiger partial charge in [0.2, 0.25) is 0 Å². The second-order valence-corrected chi connectivity index (χ2v) is 4.65. The number of rotatable bonds is 5. The third-order valence-corrected chi connectivity index (χ3v) is 3.24. The quantitative estimate of drug-likeness (QED) is 0.550. The first-order valence-corrected chi connectivity index (χ1v) is 6.69. The summed E-state index contributed by atoms with van der Waals surface area (Å²) in [4.78, 5) is 4.33. The highest BCUT2D eigenvalue weighted by Crippen LogP contribution is 2.26. The minimum atomic E-state index is 0.711. The molecule has 0 fully saturated rings. The summed E-state index contributed by atoms with van der Waals surface area (Å²) in [5.74, 6) is 0. The molecule has 0 unspecified atom stereocenters. The first-order valence-electron chi connectivity index (χ1n) is 6.69. The van der Waals surface area contributed by atoms with Crippen molar-refractivity contribution in [3.05, 3.63) is 48.9 Å². The second kappa shape index (κ2) is 5.61. The predicted octanol–water partition coefficient (Wildman–Crippen LogP) is 2.52. The van der Waals surface area contributed by atoms with Crippen LogP contribution in [0.15, 0.2) is 48.9 Å². The summed E-state index contributed by atoms with van der Waals surface area (Å²) in [6.07, 6.45) is 6.54. The number of hydrogen-bond acceptors (Lipinski definition) is 4. The minimum Gasteiger partial charge on any atom is -0.397 e. The van der Waals surface area contributed by atoms with Gasteiger partial charge in [0.25, 0.3) is 0 Å². The Labute approximate surface area is 117 Å². The van der Waals surface area contributed by atoms with Crippen LogP contribution in [0, 0.1) is 0 Å². The number of nitrogens with two attached hydrogens (primary N) is 1. The van der Waals surface area contributed by atoms with Gasteiger partial charge in [-0.05, 0) is 36.8 Å². The highest BCUT2D eigenvalue weighted by atomic mass is 15.3. The first kappa shape index (κ1) is 12.5. The number of benzene rings is 1. The van der Waals surface area contributed by atoms with Crippen LogP contribution in [0.1, 0.15) is 6.42 Å². The Bertz CT molecular complexity index is 691. The molecule has 0 aliphatic heterocycles. The van der Waals surface area contributed by atoms with Crippen molar-refractivity contribution < 1.29 is 0 Å². The largest absolute Gasteiger partial charge is 0.397 e. The van der Waals surface area contributed by atoms with E-state index in [-0.39, 0.29) is 0 Å². The van der Waals surface area contributed by atoms with E-state index in [1.165, 1.54) is 0 Å². The Morgan fingerprint density at radius 1 is 1.15 bits per heavy atom. The number of fused-ring (bicyclic) bond motifs is 1. The predicted molar refractivity (Wildman–Crippen MR) is 81.5 cm³/mol. The van der Waals surface area contributed by atoms with Crippen LogP contribution in [0.5, 0.6) is 0 Å². The zero-order valence-corrected chi connectivity index (χ0v) is 11.2. The number of hydrogen-bond donors (Lipinski definition) is 2. The van der Waals surface area contributed by atoms with Gasteiger partial charge in [-0.1, -0.05) is 0 Å². The fourth-order valence-electron chi connectivity index (χ4n) is 2.25. The molecule has 3 rings (SSSR count). The van der Waals surface area contributed by atoms with Crippen molar-refractivity contribution in [2.45, 2.75) is 13.0 Å². The van der Waals surface area contributed by atoms with Gasteiger partial charge >= 0.3 is 0 Å². The number of aryl methyl sites for hydroxylation is 1. The monoisotopic (exact) mass is 267 g/mol. The number of pyridine rings is 1. The molecule has 0 saturated heterocycles. The highest BCUT2D eigenvalue weighted by molar-refractivity contribution is 5.98. The third-order valence-electron chi connectivity index (χ3n) is 3.24. The average molecular weight is 267 g/mol. The molecule has 0 atom stereocenters. The normalized spacial score (nSPS) is 10.8. The van der Waals surface area contributed by atoms with Crippen LogP contribution in [-0.2, 0) is 6.54 Å². The zero-order chi connectivity index (χ0) is 13.8. The molecule has 2 aromatic heterocycles. The van der Waals surface area contributed by atoms with Gasteiger partial charge in [-0.25, -0.2) is 0 Å². The molecule has 0 spiro atoms. The smallest absolute Gasteiger partial charge is 0.0951 e. The zero-order valence-electron chi connectivity index (χ0n) is 11.2. The van der Waals surface area contributed by atoms with Crippen molar-refractivity contribution in [3.63, 3.8) is 0 Å². The van der Waals surface area contributed by atoms with E-state index in [1.807, 2.05) is 41.2 Å². The van der Waals surface area contributed by atoms with Crippen LogP contribution in [0.3, 0.4) is 0 Å². The lowest BCUT2D eigenvalue weighted by molar-refractivity contribution is 0.592. The van der Waals surface area contributed by atoms with Crippen LogP contribution in [0.4, 0.5) is 11.4 Å². The van der Waals surface area contributed by atoms with Crippen LogP contribution in [-0.4, -0.2) is 21.3 Å². The van der Waals surface area contributed by atoms with Crippen molar-refractivity contribution >= 4 is 22.3 Å². The molecule has 5 nitrogen and oxygen atoms in total. The van der Waals surface area contributed by atoms with Gasteiger partial charge in [0, 0.05) is 42.8 Å². The molecule has 1 aromatic carbocycles. The van der Waals surface area contributed by atoms with Crippen LogP contribution in [0.2, 0.25) is 0 Å². The van der Waals surface area contributed by atoms with E-state index < -0.39 is 0 Å². The van der Waals surface area contributed by atoms with E-state index in [4.69, 9.17) is 5.73 Å². The van der Waals surface area contributed by atoms with E-state index in [1.54, 1.807) is 12.4 Å². The van der Waals surface area contributed by atoms with Crippen LogP contribution >= 0.6 is 0 Å². The number of anilines is 2. The third kappa shape index (κ3) is 2.56. The summed E-state index contributed by atoms with van der Waals surface area (Å²) in [6.45, 7) is 1.79. The molecule has 0 saturated carbocycles. The molecule has 0 radical (unpaired) electrons. The molecule has 0 amide bonds. The molecule has 102 valence electrons. The number of aromatic nitrogens is 3. The Hall–Kier alpha value is -2.56. The number of nitrogens with zero attached hydrogens (tertiary/aromatic N) is 3. The Morgan fingerprint density at radius 2 is 2.10 bits per heavy atom. The molecule has 3 aromatic rings. The molecule has 2 heterocycles. The van der Waals surface area contributed by atoms with E-state index in [0.717, 1.165) is 36.1 Å². The van der Waals surface area contributed by atoms with Gasteiger partial charge in [0.1, 0.15) is 0 Å². The Balaban J connectivity index is 1.67. The number of nitrogens with one attached hydrogen (secondary N) is 1. The summed E-state index contributed by atoms with van der Waals surface area (Å²) in [5.41, 5.74) is 8.58. The fourth-order valence-corrected chi connectivity index (χ4v) is 2.25. The summed E-state index contributed by atoms with van der Waals surface area (Å²) in [6, 6.07) is 9.80. The van der Waals surface area contributed by atoms with Crippen molar-refractivity contribution in [1.82, 2.24) is 14.8 Å². The summed E-state index contributed by atoms with van der Waals surface area (Å²) >= 11 is 0. The second-order valence-electron chi connectivity index (χ2n) is 4.65.